The molecule has 1 aliphatic rings. The van der Waals surface area contributed by atoms with E-state index in [2.05, 4.69) is 10.4 Å². The maximum atomic E-state index is 13.3. The van der Waals surface area contributed by atoms with Gasteiger partial charge in [0.05, 0.1) is 23.9 Å². The minimum absolute atomic E-state index is 0.0796. The molecule has 184 valence electrons. The molecule has 2 aromatic carbocycles. The van der Waals surface area contributed by atoms with Gasteiger partial charge in [0, 0.05) is 13.2 Å². The second kappa shape index (κ2) is 9.82. The Balaban J connectivity index is 1.76. The highest BCUT2D eigenvalue weighted by Gasteiger charge is 2.30. The second-order valence-electron chi connectivity index (χ2n) is 7.95. The fourth-order valence-electron chi connectivity index (χ4n) is 3.62. The van der Waals surface area contributed by atoms with Crippen LogP contribution in [0.15, 0.2) is 58.1 Å². The zero-order valence-corrected chi connectivity index (χ0v) is 18.2. The molecule has 1 saturated heterocycles. The van der Waals surface area contributed by atoms with Crippen LogP contribution < -0.4 is 16.6 Å². The van der Waals surface area contributed by atoms with Crippen molar-refractivity contribution in [2.45, 2.75) is 31.7 Å². The summed E-state index contributed by atoms with van der Waals surface area (Å²) in [5.41, 5.74) is -3.22. The number of benzene rings is 2. The Hall–Kier alpha value is -3.80. The van der Waals surface area contributed by atoms with Gasteiger partial charge in [-0.15, -0.1) is 0 Å². The lowest BCUT2D eigenvalue weighted by Crippen LogP contribution is -2.46. The van der Waals surface area contributed by atoms with Crippen LogP contribution in [0.1, 0.15) is 34.5 Å². The molecule has 1 aromatic heterocycles. The Morgan fingerprint density at radius 2 is 1.77 bits per heavy atom. The number of nitrogens with one attached hydrogen (secondary N) is 1. The van der Waals surface area contributed by atoms with Crippen LogP contribution in [0.25, 0.3) is 5.69 Å². The summed E-state index contributed by atoms with van der Waals surface area (Å²) >= 11 is 0. The van der Waals surface area contributed by atoms with Crippen LogP contribution in [0.5, 0.6) is 0 Å². The van der Waals surface area contributed by atoms with Gasteiger partial charge in [0.1, 0.15) is 5.82 Å². The average Bonchev–Trinajstić information content (AvgIpc) is 3.35. The first-order chi connectivity index (χ1) is 16.6. The molecule has 0 unspecified atom stereocenters. The molecule has 0 bridgehead atoms. The first-order valence-corrected chi connectivity index (χ1v) is 10.7. The van der Waals surface area contributed by atoms with Gasteiger partial charge in [-0.05, 0) is 54.8 Å². The molecule has 8 nitrogen and oxygen atoms in total. The number of hydrogen-bond donors (Lipinski definition) is 1. The van der Waals surface area contributed by atoms with Crippen molar-refractivity contribution in [1.82, 2.24) is 19.7 Å². The number of carbonyl (C=O) groups excluding carboxylic acids is 1. The van der Waals surface area contributed by atoms with Crippen molar-refractivity contribution in [3.8, 4) is 5.69 Å². The summed E-state index contributed by atoms with van der Waals surface area (Å²) < 4.78 is 59.0. The van der Waals surface area contributed by atoms with E-state index >= 15 is 0 Å². The van der Waals surface area contributed by atoms with Crippen molar-refractivity contribution in [3.05, 3.63) is 92.0 Å². The highest BCUT2D eigenvalue weighted by Crippen LogP contribution is 2.29. The minimum atomic E-state index is -4.59. The van der Waals surface area contributed by atoms with E-state index in [9.17, 15) is 31.9 Å². The second-order valence-corrected chi connectivity index (χ2v) is 7.95. The van der Waals surface area contributed by atoms with Gasteiger partial charge in [-0.2, -0.15) is 23.0 Å². The van der Waals surface area contributed by atoms with Crippen LogP contribution in [0.3, 0.4) is 0 Å². The quantitative estimate of drug-likeness (QED) is 0.534. The Morgan fingerprint density at radius 3 is 2.37 bits per heavy atom. The molecule has 1 amide bonds. The van der Waals surface area contributed by atoms with E-state index in [1.54, 1.807) is 0 Å². The standard InChI is InChI=1S/C23H20F4N4O4/c24-16-7-3-14(4-8-16)13-30-21(33)19(20(32)28-12-18-2-1-11-35-18)29-31(22(30)34)17-9-5-15(6-10-17)23(25,26)27/h3-10,18H,1-2,11-13H2,(H,28,32)/t18-/m1/s1. The summed E-state index contributed by atoms with van der Waals surface area (Å²) in [6.07, 6.45) is -3.25. The third-order valence-corrected chi connectivity index (χ3v) is 5.48. The third kappa shape index (κ3) is 5.48. The van der Waals surface area contributed by atoms with Crippen molar-refractivity contribution in [3.63, 3.8) is 0 Å². The number of aromatic nitrogens is 3. The molecular weight excluding hydrogens is 472 g/mol. The molecule has 0 aliphatic carbocycles. The van der Waals surface area contributed by atoms with E-state index in [-0.39, 0.29) is 24.9 Å². The predicted molar refractivity (Wildman–Crippen MR) is 116 cm³/mol. The van der Waals surface area contributed by atoms with E-state index < -0.39 is 40.4 Å². The average molecular weight is 492 g/mol. The summed E-state index contributed by atoms with van der Waals surface area (Å²) in [5, 5.41) is 6.43. The molecule has 1 atom stereocenters. The van der Waals surface area contributed by atoms with Crippen molar-refractivity contribution < 1.29 is 27.1 Å². The Bertz CT molecular complexity index is 1330. The molecule has 0 radical (unpaired) electrons. The van der Waals surface area contributed by atoms with Crippen LogP contribution in [0.2, 0.25) is 0 Å². The largest absolute Gasteiger partial charge is 0.416 e. The molecule has 2 heterocycles. The number of rotatable bonds is 6. The molecule has 1 aliphatic heterocycles. The summed E-state index contributed by atoms with van der Waals surface area (Å²) in [7, 11) is 0. The Labute approximate surface area is 195 Å². The lowest BCUT2D eigenvalue weighted by atomic mass is 10.2. The highest BCUT2D eigenvalue weighted by molar-refractivity contribution is 5.91. The van der Waals surface area contributed by atoms with Gasteiger partial charge < -0.3 is 10.1 Å². The molecule has 1 N–H and O–H groups in total. The van der Waals surface area contributed by atoms with Crippen molar-refractivity contribution in [2.24, 2.45) is 0 Å². The SMILES string of the molecule is O=C(NC[C@H]1CCCO1)c1nn(-c2ccc(C(F)(F)F)cc2)c(=O)n(Cc2ccc(F)cc2)c1=O. The van der Waals surface area contributed by atoms with Crippen molar-refractivity contribution in [2.75, 3.05) is 13.2 Å². The van der Waals surface area contributed by atoms with Crippen LogP contribution in [-0.2, 0) is 17.5 Å². The molecule has 35 heavy (non-hydrogen) atoms. The van der Waals surface area contributed by atoms with Gasteiger partial charge in [0.25, 0.3) is 11.5 Å². The minimum Gasteiger partial charge on any atom is -0.376 e. The molecule has 12 heteroatoms. The zero-order chi connectivity index (χ0) is 25.2. The molecule has 0 saturated carbocycles. The monoisotopic (exact) mass is 492 g/mol. The first kappa shape index (κ1) is 24.3. The fourth-order valence-corrected chi connectivity index (χ4v) is 3.62. The fraction of sp³-hybridized carbons (Fsp3) is 0.304. The number of alkyl halides is 3. The van der Waals surface area contributed by atoms with Gasteiger partial charge in [-0.25, -0.2) is 9.18 Å². The lowest BCUT2D eigenvalue weighted by Gasteiger charge is -2.14. The number of carbonyl (C=O) groups is 1. The predicted octanol–water partition coefficient (Wildman–Crippen LogP) is 2.51. The number of ether oxygens (including phenoxy) is 1. The van der Waals surface area contributed by atoms with Gasteiger partial charge in [-0.1, -0.05) is 12.1 Å². The third-order valence-electron chi connectivity index (χ3n) is 5.48. The molecule has 3 aromatic rings. The van der Waals surface area contributed by atoms with E-state index in [0.29, 0.717) is 16.9 Å². The summed E-state index contributed by atoms with van der Waals surface area (Å²) in [4.78, 5) is 38.9. The van der Waals surface area contributed by atoms with Gasteiger partial charge >= 0.3 is 11.9 Å². The number of hydrogen-bond acceptors (Lipinski definition) is 5. The van der Waals surface area contributed by atoms with Crippen LogP contribution in [0, 0.1) is 5.82 Å². The van der Waals surface area contributed by atoms with Crippen LogP contribution in [-0.4, -0.2) is 39.5 Å². The molecule has 4 rings (SSSR count). The molecule has 0 spiro atoms. The Kier molecular flexibility index (Phi) is 6.83. The van der Waals surface area contributed by atoms with E-state index in [1.165, 1.54) is 12.1 Å². The maximum Gasteiger partial charge on any atom is 0.416 e. The van der Waals surface area contributed by atoms with Gasteiger partial charge in [0.2, 0.25) is 5.69 Å². The topological polar surface area (TPSA) is 95.2 Å². The van der Waals surface area contributed by atoms with E-state index in [4.69, 9.17) is 4.74 Å². The van der Waals surface area contributed by atoms with E-state index in [0.717, 1.165) is 53.8 Å². The summed E-state index contributed by atoms with van der Waals surface area (Å²) in [5.74, 6) is -1.38. The first-order valence-electron chi connectivity index (χ1n) is 10.7. The normalized spacial score (nSPS) is 15.8. The number of amides is 1. The van der Waals surface area contributed by atoms with Crippen LogP contribution >= 0.6 is 0 Å². The number of halogens is 4. The van der Waals surface area contributed by atoms with Crippen molar-refractivity contribution >= 4 is 5.91 Å². The molecular formula is C23H20F4N4O4. The van der Waals surface area contributed by atoms with Gasteiger partial charge in [0.15, 0.2) is 0 Å². The highest BCUT2D eigenvalue weighted by atomic mass is 19.4. The van der Waals surface area contributed by atoms with Gasteiger partial charge in [-0.3, -0.25) is 14.2 Å². The van der Waals surface area contributed by atoms with Crippen molar-refractivity contribution in [1.29, 1.82) is 0 Å². The summed E-state index contributed by atoms with van der Waals surface area (Å²) in [6.45, 7) is 0.368. The van der Waals surface area contributed by atoms with Crippen LogP contribution in [0.4, 0.5) is 17.6 Å². The molecule has 1 fully saturated rings. The summed E-state index contributed by atoms with van der Waals surface area (Å²) in [6, 6.07) is 8.56. The smallest absolute Gasteiger partial charge is 0.376 e. The zero-order valence-electron chi connectivity index (χ0n) is 18.2. The Morgan fingerprint density at radius 1 is 1.09 bits per heavy atom. The van der Waals surface area contributed by atoms with E-state index in [1.807, 2.05) is 0 Å². The number of nitrogens with zero attached hydrogens (tertiary/aromatic N) is 3. The maximum absolute atomic E-state index is 13.3. The lowest BCUT2D eigenvalue weighted by molar-refractivity contribution is -0.137.